The van der Waals surface area contributed by atoms with Crippen LogP contribution in [0.4, 0.5) is 5.69 Å². The summed E-state index contributed by atoms with van der Waals surface area (Å²) in [4.78, 5) is 14.0. The summed E-state index contributed by atoms with van der Waals surface area (Å²) in [6.45, 7) is 8.43. The first-order valence-corrected chi connectivity index (χ1v) is 21.8. The molecule has 9 aromatic carbocycles. The number of benzene rings is 9. The number of rotatable bonds is 7. The van der Waals surface area contributed by atoms with Crippen molar-refractivity contribution in [3.05, 3.63) is 235 Å². The zero-order valence-corrected chi connectivity index (χ0v) is 35.5. The molecule has 0 amide bonds. The monoisotopic (exact) mass is 840 g/mol. The lowest BCUT2D eigenvalue weighted by atomic mass is 9.95. The summed E-state index contributed by atoms with van der Waals surface area (Å²) >= 11 is 0. The predicted molar refractivity (Wildman–Crippen MR) is 269 cm³/mol. The molecule has 3 heterocycles. The average molecular weight is 841 g/mol. The van der Waals surface area contributed by atoms with Crippen LogP contribution in [0.1, 0.15) is 5.56 Å². The molecule has 0 aliphatic carbocycles. The largest absolute Gasteiger partial charge is 0.319 e. The van der Waals surface area contributed by atoms with E-state index in [1.54, 1.807) is 0 Å². The van der Waals surface area contributed by atoms with E-state index in [9.17, 15) is 5.26 Å². The SMILES string of the molecule is [C-]#[N+]c1cc(-c2ccc(-c3ccc(-c4cc(-c5ccccc5)nc(-c5ccccc5)n4)cc3)cc2)c(C#N)cc1-n1c2ccccc2c2cc(-n3c4ccccc4c4ccccc43)ccc21. The Balaban J connectivity index is 0.892. The normalized spacial score (nSPS) is 11.3. The molecule has 3 aromatic heterocycles. The molecule has 12 aromatic rings. The number of hydrogen-bond acceptors (Lipinski definition) is 3. The molecule has 6 nitrogen and oxygen atoms in total. The van der Waals surface area contributed by atoms with Gasteiger partial charge in [0.15, 0.2) is 5.82 Å². The maximum absolute atomic E-state index is 10.7. The number of fused-ring (bicyclic) bond motifs is 6. The minimum absolute atomic E-state index is 0.466. The van der Waals surface area contributed by atoms with Gasteiger partial charge in [0.05, 0.1) is 57.3 Å². The van der Waals surface area contributed by atoms with Gasteiger partial charge in [0, 0.05) is 43.9 Å². The second kappa shape index (κ2) is 15.8. The molecule has 0 saturated heterocycles. The fourth-order valence-electron chi connectivity index (χ4n) is 9.48. The Labute approximate surface area is 381 Å². The molecule has 0 atom stereocenters. The van der Waals surface area contributed by atoms with E-state index < -0.39 is 0 Å². The van der Waals surface area contributed by atoms with Crippen molar-refractivity contribution < 1.29 is 0 Å². The van der Waals surface area contributed by atoms with Crippen LogP contribution in [-0.2, 0) is 0 Å². The Hall–Kier alpha value is -9.36. The second-order valence-electron chi connectivity index (χ2n) is 16.4. The molecule has 0 spiro atoms. The zero-order chi connectivity index (χ0) is 44.1. The van der Waals surface area contributed by atoms with Gasteiger partial charge in [-0.2, -0.15) is 5.26 Å². The van der Waals surface area contributed by atoms with Crippen LogP contribution in [0, 0.1) is 17.9 Å². The van der Waals surface area contributed by atoms with Gasteiger partial charge in [-0.1, -0.05) is 164 Å². The van der Waals surface area contributed by atoms with Gasteiger partial charge in [-0.25, -0.2) is 14.8 Å². The topological polar surface area (TPSA) is 63.8 Å². The van der Waals surface area contributed by atoms with Crippen LogP contribution in [0.5, 0.6) is 0 Å². The highest BCUT2D eigenvalue weighted by Crippen LogP contribution is 2.41. The number of aromatic nitrogens is 4. The Bertz CT molecular complexity index is 3810. The molecule has 0 fully saturated rings. The first kappa shape index (κ1) is 38.3. The number of para-hydroxylation sites is 3. The average Bonchev–Trinajstić information content (AvgIpc) is 3.91. The van der Waals surface area contributed by atoms with Crippen molar-refractivity contribution in [3.63, 3.8) is 0 Å². The third kappa shape index (κ3) is 6.41. The molecule has 0 bridgehead atoms. The number of nitriles is 1. The first-order chi connectivity index (χ1) is 32.6. The highest BCUT2D eigenvalue weighted by Gasteiger charge is 2.20. The summed E-state index contributed by atoms with van der Waals surface area (Å²) in [5, 5.41) is 15.2. The maximum atomic E-state index is 10.7. The van der Waals surface area contributed by atoms with Gasteiger partial charge in [0.25, 0.3) is 0 Å². The highest BCUT2D eigenvalue weighted by molar-refractivity contribution is 6.12. The van der Waals surface area contributed by atoms with Crippen LogP contribution in [-0.4, -0.2) is 19.1 Å². The van der Waals surface area contributed by atoms with Crippen LogP contribution >= 0.6 is 0 Å². The Morgan fingerprint density at radius 3 is 1.45 bits per heavy atom. The van der Waals surface area contributed by atoms with Crippen molar-refractivity contribution in [3.8, 4) is 73.6 Å². The fourth-order valence-corrected chi connectivity index (χ4v) is 9.48. The van der Waals surface area contributed by atoms with E-state index in [0.717, 1.165) is 88.9 Å². The van der Waals surface area contributed by atoms with Crippen LogP contribution < -0.4 is 0 Å². The molecular weight excluding hydrogens is 805 g/mol. The molecule has 66 heavy (non-hydrogen) atoms. The van der Waals surface area contributed by atoms with Crippen molar-refractivity contribution in [1.82, 2.24) is 19.1 Å². The Kier molecular flexibility index (Phi) is 9.16. The van der Waals surface area contributed by atoms with Gasteiger partial charge >= 0.3 is 0 Å². The zero-order valence-electron chi connectivity index (χ0n) is 35.5. The van der Waals surface area contributed by atoms with E-state index in [1.807, 2.05) is 84.9 Å². The lowest BCUT2D eigenvalue weighted by Gasteiger charge is -2.14. The summed E-state index contributed by atoms with van der Waals surface area (Å²) in [6, 6.07) is 77.1. The summed E-state index contributed by atoms with van der Waals surface area (Å²) < 4.78 is 4.46. The predicted octanol–water partition coefficient (Wildman–Crippen LogP) is 15.4. The summed E-state index contributed by atoms with van der Waals surface area (Å²) in [5.74, 6) is 0.679. The lowest BCUT2D eigenvalue weighted by Crippen LogP contribution is -1.98. The van der Waals surface area contributed by atoms with Crippen molar-refractivity contribution in [1.29, 1.82) is 5.26 Å². The molecule has 12 rings (SSSR count). The fraction of sp³-hybridized carbons (Fsp3) is 0. The van der Waals surface area contributed by atoms with Crippen molar-refractivity contribution in [2.45, 2.75) is 0 Å². The van der Waals surface area contributed by atoms with E-state index in [2.05, 4.69) is 154 Å². The van der Waals surface area contributed by atoms with Crippen molar-refractivity contribution in [2.75, 3.05) is 0 Å². The van der Waals surface area contributed by atoms with E-state index >= 15 is 0 Å². The van der Waals surface area contributed by atoms with Crippen LogP contribution in [0.15, 0.2) is 218 Å². The van der Waals surface area contributed by atoms with Crippen molar-refractivity contribution >= 4 is 49.3 Å². The molecule has 0 aliphatic rings. The summed E-state index contributed by atoms with van der Waals surface area (Å²) in [5.41, 5.74) is 15.3. The molecule has 0 N–H and O–H groups in total. The lowest BCUT2D eigenvalue weighted by molar-refractivity contribution is 1.17. The Morgan fingerprint density at radius 2 is 0.879 bits per heavy atom. The van der Waals surface area contributed by atoms with Gasteiger partial charge in [-0.15, -0.1) is 0 Å². The van der Waals surface area contributed by atoms with Crippen molar-refractivity contribution in [2.24, 2.45) is 0 Å². The van der Waals surface area contributed by atoms with Crippen LogP contribution in [0.3, 0.4) is 0 Å². The standard InChI is InChI=1S/C60H36N6/c1-62-54-36-50(41-28-24-39(25-29-41)40-26-30-43(31-27-40)53-37-52(42-14-4-2-5-15-42)63-60(64-53)44-16-6-3-7-17-44)45(38-61)34-59(54)66-57-23-13-10-20-49(57)51-35-46(32-33-58(51)66)65-55-21-11-8-18-47(55)48-19-9-12-22-56(48)65/h2-37H. The smallest absolute Gasteiger partial charge is 0.211 e. The van der Waals surface area contributed by atoms with E-state index in [-0.39, 0.29) is 0 Å². The Morgan fingerprint density at radius 1 is 0.409 bits per heavy atom. The van der Waals surface area contributed by atoms with Gasteiger partial charge in [-0.3, -0.25) is 0 Å². The molecule has 6 heteroatoms. The van der Waals surface area contributed by atoms with E-state index in [1.165, 1.54) is 10.8 Å². The summed E-state index contributed by atoms with van der Waals surface area (Å²) in [7, 11) is 0. The van der Waals surface area contributed by atoms with Gasteiger partial charge < -0.3 is 9.13 Å². The molecule has 306 valence electrons. The maximum Gasteiger partial charge on any atom is 0.211 e. The van der Waals surface area contributed by atoms with Gasteiger partial charge in [0.2, 0.25) is 5.69 Å². The third-order valence-electron chi connectivity index (χ3n) is 12.6. The molecular formula is C60H36N6. The minimum atomic E-state index is 0.466. The first-order valence-electron chi connectivity index (χ1n) is 21.8. The second-order valence-corrected chi connectivity index (χ2v) is 16.4. The summed E-state index contributed by atoms with van der Waals surface area (Å²) in [6.07, 6.45) is 0. The van der Waals surface area contributed by atoms with Crippen LogP contribution in [0.2, 0.25) is 0 Å². The van der Waals surface area contributed by atoms with Gasteiger partial charge in [0.1, 0.15) is 0 Å². The quantitative estimate of drug-likeness (QED) is 0.150. The number of nitrogens with zero attached hydrogens (tertiary/aromatic N) is 6. The van der Waals surface area contributed by atoms with Crippen LogP contribution in [0.25, 0.3) is 116 Å². The van der Waals surface area contributed by atoms with Gasteiger partial charge in [-0.05, 0) is 76.9 Å². The van der Waals surface area contributed by atoms with E-state index in [4.69, 9.17) is 16.5 Å². The minimum Gasteiger partial charge on any atom is -0.319 e. The highest BCUT2D eigenvalue weighted by atomic mass is 15.0. The molecule has 0 aliphatic heterocycles. The molecule has 0 unspecified atom stereocenters. The third-order valence-corrected chi connectivity index (χ3v) is 12.6. The molecule has 0 saturated carbocycles. The number of hydrogen-bond donors (Lipinski definition) is 0. The molecule has 0 radical (unpaired) electrons. The van der Waals surface area contributed by atoms with E-state index in [0.29, 0.717) is 22.8 Å².